The minimum Gasteiger partial charge on any atom is -0.481 e. The number of aliphatic carboxylic acids is 1. The molecule has 7 heteroatoms. The van der Waals surface area contributed by atoms with Gasteiger partial charge in [0.2, 0.25) is 5.91 Å². The molecule has 0 saturated carbocycles. The van der Waals surface area contributed by atoms with Crippen LogP contribution in [0.15, 0.2) is 0 Å². The summed E-state index contributed by atoms with van der Waals surface area (Å²) in [5.41, 5.74) is 0. The van der Waals surface area contributed by atoms with Crippen LogP contribution in [0, 0.1) is 0 Å². The van der Waals surface area contributed by atoms with E-state index in [4.69, 9.17) is 5.11 Å². The van der Waals surface area contributed by atoms with Crippen molar-refractivity contribution in [3.05, 3.63) is 0 Å². The summed E-state index contributed by atoms with van der Waals surface area (Å²) in [5, 5.41) is 11.7. The number of likely N-dealkylation sites (N-methyl/N-ethyl adjacent to an activating group) is 1. The van der Waals surface area contributed by atoms with Crippen LogP contribution in [0.3, 0.4) is 0 Å². The third kappa shape index (κ3) is 4.16. The molecule has 1 unspecified atom stereocenters. The maximum Gasteiger partial charge on any atom is 0.305 e. The normalized spacial score (nSPS) is 26.4. The summed E-state index contributed by atoms with van der Waals surface area (Å²) in [4.78, 5) is 29.4. The van der Waals surface area contributed by atoms with E-state index in [1.165, 1.54) is 0 Å². The molecule has 7 nitrogen and oxygen atoms in total. The second kappa shape index (κ2) is 7.01. The predicted octanol–water partition coefficient (Wildman–Crippen LogP) is -1.49. The number of piperazine rings is 2. The monoisotopic (exact) mass is 284 g/mol. The van der Waals surface area contributed by atoms with Crippen molar-refractivity contribution in [2.75, 3.05) is 59.4 Å². The van der Waals surface area contributed by atoms with Gasteiger partial charge in [-0.1, -0.05) is 0 Å². The van der Waals surface area contributed by atoms with Gasteiger partial charge in [0.15, 0.2) is 0 Å². The van der Waals surface area contributed by atoms with E-state index in [1.807, 2.05) is 4.90 Å². The molecule has 1 amide bonds. The molecule has 2 rings (SSSR count). The highest BCUT2D eigenvalue weighted by Crippen LogP contribution is 2.09. The number of nitrogens with zero attached hydrogens (tertiary/aromatic N) is 3. The topological polar surface area (TPSA) is 76.1 Å². The summed E-state index contributed by atoms with van der Waals surface area (Å²) >= 11 is 0. The number of hydrogen-bond acceptors (Lipinski definition) is 5. The lowest BCUT2D eigenvalue weighted by Gasteiger charge is -2.37. The van der Waals surface area contributed by atoms with Gasteiger partial charge in [-0.25, -0.2) is 0 Å². The van der Waals surface area contributed by atoms with Crippen molar-refractivity contribution in [2.45, 2.75) is 12.5 Å². The van der Waals surface area contributed by atoms with Crippen LogP contribution in [0.5, 0.6) is 0 Å². The third-order valence-corrected chi connectivity index (χ3v) is 4.11. The second-order valence-corrected chi connectivity index (χ2v) is 5.59. The maximum atomic E-state index is 11.8. The third-order valence-electron chi connectivity index (χ3n) is 4.11. The quantitative estimate of drug-likeness (QED) is 0.640. The Morgan fingerprint density at radius 3 is 2.60 bits per heavy atom. The molecular weight excluding hydrogens is 260 g/mol. The van der Waals surface area contributed by atoms with E-state index in [2.05, 4.69) is 22.2 Å². The van der Waals surface area contributed by atoms with Gasteiger partial charge in [0, 0.05) is 52.4 Å². The standard InChI is InChI=1S/C13H24N4O3/c1-15-4-6-16(7-5-15)8-9-17-3-2-14-13(20)11(17)10-12(18)19/h11H,2-10H2,1H3,(H,14,20)(H,18,19). The van der Waals surface area contributed by atoms with Crippen LogP contribution in [0.4, 0.5) is 0 Å². The van der Waals surface area contributed by atoms with Gasteiger partial charge in [-0.3, -0.25) is 19.4 Å². The zero-order valence-corrected chi connectivity index (χ0v) is 12.0. The number of carbonyl (C=O) groups is 2. The zero-order chi connectivity index (χ0) is 14.5. The number of carboxylic acid groups (broad SMARTS) is 1. The van der Waals surface area contributed by atoms with Gasteiger partial charge in [0.25, 0.3) is 0 Å². The molecule has 0 aromatic carbocycles. The van der Waals surface area contributed by atoms with Crippen LogP contribution in [0.2, 0.25) is 0 Å². The Hall–Kier alpha value is -1.18. The van der Waals surface area contributed by atoms with Gasteiger partial charge in [0.1, 0.15) is 0 Å². The van der Waals surface area contributed by atoms with Crippen molar-refractivity contribution in [2.24, 2.45) is 0 Å². The summed E-state index contributed by atoms with van der Waals surface area (Å²) in [6.07, 6.45) is -0.116. The van der Waals surface area contributed by atoms with Gasteiger partial charge in [-0.05, 0) is 7.05 Å². The zero-order valence-electron chi connectivity index (χ0n) is 12.0. The molecule has 2 N–H and O–H groups in total. The van der Waals surface area contributed by atoms with Gasteiger partial charge in [-0.15, -0.1) is 0 Å². The number of carboxylic acids is 1. The fourth-order valence-electron chi connectivity index (χ4n) is 2.76. The van der Waals surface area contributed by atoms with Gasteiger partial charge in [0.05, 0.1) is 12.5 Å². The average molecular weight is 284 g/mol. The van der Waals surface area contributed by atoms with Crippen LogP contribution in [-0.2, 0) is 9.59 Å². The van der Waals surface area contributed by atoms with Crippen molar-refractivity contribution in [3.63, 3.8) is 0 Å². The van der Waals surface area contributed by atoms with E-state index in [1.54, 1.807) is 0 Å². The van der Waals surface area contributed by atoms with Crippen molar-refractivity contribution < 1.29 is 14.7 Å². The summed E-state index contributed by atoms with van der Waals surface area (Å²) in [6, 6.07) is -0.520. The number of amides is 1. The van der Waals surface area contributed by atoms with Gasteiger partial charge < -0.3 is 15.3 Å². The average Bonchev–Trinajstić information content (AvgIpc) is 2.41. The van der Waals surface area contributed by atoms with Crippen molar-refractivity contribution in [3.8, 4) is 0 Å². The first kappa shape index (κ1) is 15.2. The number of nitrogens with one attached hydrogen (secondary N) is 1. The molecule has 0 aliphatic carbocycles. The fourth-order valence-corrected chi connectivity index (χ4v) is 2.76. The molecule has 2 fully saturated rings. The predicted molar refractivity (Wildman–Crippen MR) is 74.6 cm³/mol. The second-order valence-electron chi connectivity index (χ2n) is 5.59. The minimum absolute atomic E-state index is 0.116. The van der Waals surface area contributed by atoms with E-state index >= 15 is 0 Å². The molecule has 1 atom stereocenters. The summed E-state index contributed by atoms with van der Waals surface area (Å²) in [6.45, 7) is 7.22. The SMILES string of the molecule is CN1CCN(CCN2CCNC(=O)C2CC(=O)O)CC1. The van der Waals surface area contributed by atoms with E-state index < -0.39 is 12.0 Å². The Balaban J connectivity index is 1.82. The van der Waals surface area contributed by atoms with Crippen LogP contribution in [0.1, 0.15) is 6.42 Å². The minimum atomic E-state index is -0.920. The molecule has 2 heterocycles. The van der Waals surface area contributed by atoms with Crippen LogP contribution in [-0.4, -0.2) is 97.1 Å². The highest BCUT2D eigenvalue weighted by atomic mass is 16.4. The molecule has 0 aromatic rings. The number of carbonyl (C=O) groups excluding carboxylic acids is 1. The number of rotatable bonds is 5. The van der Waals surface area contributed by atoms with Crippen molar-refractivity contribution >= 4 is 11.9 Å². The molecule has 2 saturated heterocycles. The molecule has 20 heavy (non-hydrogen) atoms. The Morgan fingerprint density at radius 1 is 1.25 bits per heavy atom. The molecular formula is C13H24N4O3. The number of hydrogen-bond donors (Lipinski definition) is 2. The summed E-state index contributed by atoms with van der Waals surface area (Å²) in [7, 11) is 2.12. The van der Waals surface area contributed by atoms with Gasteiger partial charge >= 0.3 is 5.97 Å². The van der Waals surface area contributed by atoms with Crippen LogP contribution < -0.4 is 5.32 Å². The largest absolute Gasteiger partial charge is 0.481 e. The van der Waals surface area contributed by atoms with Crippen LogP contribution in [0.25, 0.3) is 0 Å². The Kier molecular flexibility index (Phi) is 5.33. The molecule has 0 aromatic heterocycles. The summed E-state index contributed by atoms with van der Waals surface area (Å²) in [5.74, 6) is -1.08. The first-order valence-corrected chi connectivity index (χ1v) is 7.20. The highest BCUT2D eigenvalue weighted by Gasteiger charge is 2.31. The lowest BCUT2D eigenvalue weighted by Crippen LogP contribution is -2.57. The van der Waals surface area contributed by atoms with E-state index in [0.29, 0.717) is 6.54 Å². The molecule has 0 bridgehead atoms. The molecule has 0 spiro atoms. The summed E-state index contributed by atoms with van der Waals surface area (Å²) < 4.78 is 0. The van der Waals surface area contributed by atoms with E-state index in [-0.39, 0.29) is 12.3 Å². The molecule has 114 valence electrons. The first-order valence-electron chi connectivity index (χ1n) is 7.20. The molecule has 0 radical (unpaired) electrons. The fraction of sp³-hybridized carbons (Fsp3) is 0.846. The van der Waals surface area contributed by atoms with E-state index in [0.717, 1.165) is 45.8 Å². The Labute approximate surface area is 119 Å². The lowest BCUT2D eigenvalue weighted by molar-refractivity contribution is -0.143. The van der Waals surface area contributed by atoms with Crippen molar-refractivity contribution in [1.29, 1.82) is 0 Å². The Bertz CT molecular complexity index is 356. The van der Waals surface area contributed by atoms with Crippen LogP contribution >= 0.6 is 0 Å². The van der Waals surface area contributed by atoms with Gasteiger partial charge in [-0.2, -0.15) is 0 Å². The smallest absolute Gasteiger partial charge is 0.305 e. The first-order chi connectivity index (χ1) is 9.56. The molecule has 2 aliphatic rings. The van der Waals surface area contributed by atoms with Crippen molar-refractivity contribution in [1.82, 2.24) is 20.0 Å². The highest BCUT2D eigenvalue weighted by molar-refractivity contribution is 5.86. The van der Waals surface area contributed by atoms with E-state index in [9.17, 15) is 9.59 Å². The maximum absolute atomic E-state index is 11.8. The molecule has 2 aliphatic heterocycles. The Morgan fingerprint density at radius 2 is 1.95 bits per heavy atom. The lowest BCUT2D eigenvalue weighted by atomic mass is 10.1.